The molecular formula is C20H19ClN4O4S. The average molecular weight is 447 g/mol. The number of halogens is 1. The number of methoxy groups -OCH3 is 1. The largest absolute Gasteiger partial charge is 0.496 e. The molecule has 0 radical (unpaired) electrons. The first kappa shape index (κ1) is 21.8. The highest BCUT2D eigenvalue weighted by Gasteiger charge is 2.20. The number of carbonyl (C=O) groups excluding carboxylic acids is 1. The SMILES string of the molecule is COc1cc(-n2nnnc2SCC(=O)Cc2c(C)cccc2C)c(Cl)cc1C(=O)O. The van der Waals surface area contributed by atoms with E-state index >= 15 is 0 Å². The zero-order valence-electron chi connectivity index (χ0n) is 16.5. The maximum Gasteiger partial charge on any atom is 0.339 e. The number of aromatic carboxylic acids is 1. The Morgan fingerprint density at radius 2 is 1.93 bits per heavy atom. The van der Waals surface area contributed by atoms with Gasteiger partial charge in [0.15, 0.2) is 0 Å². The van der Waals surface area contributed by atoms with E-state index in [1.54, 1.807) is 0 Å². The summed E-state index contributed by atoms with van der Waals surface area (Å²) in [6.07, 6.45) is 0.328. The van der Waals surface area contributed by atoms with Gasteiger partial charge in [-0.1, -0.05) is 41.6 Å². The van der Waals surface area contributed by atoms with Gasteiger partial charge in [-0.3, -0.25) is 4.79 Å². The van der Waals surface area contributed by atoms with Crippen LogP contribution >= 0.6 is 23.4 Å². The molecule has 30 heavy (non-hydrogen) atoms. The summed E-state index contributed by atoms with van der Waals surface area (Å²) in [7, 11) is 1.36. The number of carbonyl (C=O) groups is 2. The van der Waals surface area contributed by atoms with Crippen LogP contribution in [0.2, 0.25) is 5.02 Å². The minimum absolute atomic E-state index is 0.0388. The molecule has 1 N–H and O–H groups in total. The Bertz CT molecular complexity index is 1100. The second-order valence-corrected chi connectivity index (χ2v) is 7.91. The van der Waals surface area contributed by atoms with Crippen LogP contribution in [0.3, 0.4) is 0 Å². The molecule has 10 heteroatoms. The van der Waals surface area contributed by atoms with Crippen molar-refractivity contribution < 1.29 is 19.4 Å². The van der Waals surface area contributed by atoms with E-state index in [1.165, 1.54) is 35.7 Å². The lowest BCUT2D eigenvalue weighted by atomic mass is 9.99. The van der Waals surface area contributed by atoms with Crippen LogP contribution in [-0.4, -0.2) is 49.9 Å². The summed E-state index contributed by atoms with van der Waals surface area (Å²) in [5.74, 6) is -0.823. The number of hydrogen-bond donors (Lipinski definition) is 1. The van der Waals surface area contributed by atoms with Crippen LogP contribution in [0.4, 0.5) is 0 Å². The van der Waals surface area contributed by atoms with Crippen molar-refractivity contribution in [2.45, 2.75) is 25.4 Å². The molecule has 0 bridgehead atoms. The molecule has 0 saturated carbocycles. The highest BCUT2D eigenvalue weighted by Crippen LogP contribution is 2.31. The monoisotopic (exact) mass is 446 g/mol. The van der Waals surface area contributed by atoms with E-state index in [0.29, 0.717) is 17.3 Å². The molecule has 0 amide bonds. The molecule has 0 aliphatic rings. The molecule has 0 aliphatic heterocycles. The third kappa shape index (κ3) is 4.63. The van der Waals surface area contributed by atoms with Gasteiger partial charge in [0.05, 0.1) is 23.6 Å². The van der Waals surface area contributed by atoms with Crippen molar-refractivity contribution in [2.24, 2.45) is 0 Å². The molecule has 8 nitrogen and oxygen atoms in total. The van der Waals surface area contributed by atoms with Gasteiger partial charge in [-0.2, -0.15) is 4.68 Å². The first-order valence-corrected chi connectivity index (χ1v) is 10.3. The van der Waals surface area contributed by atoms with E-state index < -0.39 is 5.97 Å². The van der Waals surface area contributed by atoms with Crippen LogP contribution in [-0.2, 0) is 11.2 Å². The first-order valence-electron chi connectivity index (χ1n) is 8.91. The molecule has 156 valence electrons. The van der Waals surface area contributed by atoms with Crippen molar-refractivity contribution >= 4 is 35.1 Å². The normalized spacial score (nSPS) is 10.8. The fraction of sp³-hybridized carbons (Fsp3) is 0.250. The second-order valence-electron chi connectivity index (χ2n) is 6.56. The van der Waals surface area contributed by atoms with Crippen molar-refractivity contribution in [3.05, 3.63) is 57.6 Å². The minimum atomic E-state index is -1.16. The topological polar surface area (TPSA) is 107 Å². The second kappa shape index (κ2) is 9.27. The highest BCUT2D eigenvalue weighted by atomic mass is 35.5. The molecule has 1 aromatic heterocycles. The number of carboxylic acids is 1. The molecule has 0 atom stereocenters. The number of thioether (sulfide) groups is 1. The Balaban J connectivity index is 1.79. The van der Waals surface area contributed by atoms with Gasteiger partial charge in [-0.25, -0.2) is 4.79 Å². The Labute approximate surface area is 182 Å². The lowest BCUT2D eigenvalue weighted by Crippen LogP contribution is -2.10. The Morgan fingerprint density at radius 1 is 1.23 bits per heavy atom. The molecule has 0 spiro atoms. The number of hydrogen-bond acceptors (Lipinski definition) is 7. The van der Waals surface area contributed by atoms with E-state index in [4.69, 9.17) is 16.3 Å². The maximum atomic E-state index is 12.5. The van der Waals surface area contributed by atoms with Gasteiger partial charge >= 0.3 is 5.97 Å². The zero-order chi connectivity index (χ0) is 21.8. The van der Waals surface area contributed by atoms with Crippen molar-refractivity contribution in [1.29, 1.82) is 0 Å². The fourth-order valence-electron chi connectivity index (χ4n) is 2.98. The fourth-order valence-corrected chi connectivity index (χ4v) is 3.97. The van der Waals surface area contributed by atoms with E-state index in [1.807, 2.05) is 32.0 Å². The van der Waals surface area contributed by atoms with Gasteiger partial charge in [-0.05, 0) is 47.0 Å². The lowest BCUT2D eigenvalue weighted by molar-refractivity contribution is -0.116. The third-order valence-corrected chi connectivity index (χ3v) is 5.83. The standard InChI is InChI=1S/C20H19ClN4O4S/c1-11-5-4-6-12(2)14(11)7-13(26)10-30-20-22-23-24-25(20)17-9-18(29-3)15(19(27)28)8-16(17)21/h4-6,8-9H,7,10H2,1-3H3,(H,27,28). The highest BCUT2D eigenvalue weighted by molar-refractivity contribution is 7.99. The third-order valence-electron chi connectivity index (χ3n) is 4.55. The molecule has 3 rings (SSSR count). The summed E-state index contributed by atoms with van der Waals surface area (Å²) in [5, 5.41) is 21.3. The lowest BCUT2D eigenvalue weighted by Gasteiger charge is -2.11. The van der Waals surface area contributed by atoms with Crippen LogP contribution in [0, 0.1) is 13.8 Å². The first-order chi connectivity index (χ1) is 14.3. The number of aryl methyl sites for hydroxylation is 2. The van der Waals surface area contributed by atoms with Crippen molar-refractivity contribution in [2.75, 3.05) is 12.9 Å². The Hall–Kier alpha value is -2.91. The smallest absolute Gasteiger partial charge is 0.339 e. The molecule has 1 heterocycles. The van der Waals surface area contributed by atoms with Crippen molar-refractivity contribution in [3.8, 4) is 11.4 Å². The number of ether oxygens (including phenoxy) is 1. The predicted octanol–water partition coefficient (Wildman–Crippen LogP) is 3.54. The summed E-state index contributed by atoms with van der Waals surface area (Å²) < 4.78 is 6.50. The van der Waals surface area contributed by atoms with Crippen LogP contribution in [0.1, 0.15) is 27.0 Å². The van der Waals surface area contributed by atoms with Gasteiger partial charge in [0.1, 0.15) is 17.1 Å². The number of ketones is 1. The van der Waals surface area contributed by atoms with Crippen LogP contribution < -0.4 is 4.74 Å². The maximum absolute atomic E-state index is 12.5. The number of tetrazole rings is 1. The van der Waals surface area contributed by atoms with Gasteiger partial charge < -0.3 is 9.84 Å². The van der Waals surface area contributed by atoms with Gasteiger partial charge in [0.2, 0.25) is 5.16 Å². The van der Waals surface area contributed by atoms with E-state index in [-0.39, 0.29) is 27.9 Å². The average Bonchev–Trinajstić information content (AvgIpc) is 3.17. The van der Waals surface area contributed by atoms with Gasteiger partial charge in [-0.15, -0.1) is 5.10 Å². The van der Waals surface area contributed by atoms with E-state index in [0.717, 1.165) is 16.7 Å². The van der Waals surface area contributed by atoms with Crippen molar-refractivity contribution in [3.63, 3.8) is 0 Å². The quantitative estimate of drug-likeness (QED) is 0.523. The Morgan fingerprint density at radius 3 is 2.57 bits per heavy atom. The molecular weight excluding hydrogens is 428 g/mol. The van der Waals surface area contributed by atoms with Gasteiger partial charge in [0.25, 0.3) is 0 Å². The number of aromatic nitrogens is 4. The predicted molar refractivity (Wildman–Crippen MR) is 113 cm³/mol. The number of benzene rings is 2. The molecule has 0 fully saturated rings. The summed E-state index contributed by atoms with van der Waals surface area (Å²) in [6.45, 7) is 3.97. The number of rotatable bonds is 8. The summed E-state index contributed by atoms with van der Waals surface area (Å²) in [6, 6.07) is 8.67. The van der Waals surface area contributed by atoms with Crippen LogP contribution in [0.25, 0.3) is 5.69 Å². The molecule has 0 unspecified atom stereocenters. The summed E-state index contributed by atoms with van der Waals surface area (Å²) in [5.41, 5.74) is 3.47. The zero-order valence-corrected chi connectivity index (χ0v) is 18.1. The Kier molecular flexibility index (Phi) is 6.73. The van der Waals surface area contributed by atoms with Crippen molar-refractivity contribution in [1.82, 2.24) is 20.2 Å². The molecule has 3 aromatic rings. The van der Waals surface area contributed by atoms with E-state index in [2.05, 4.69) is 15.5 Å². The van der Waals surface area contributed by atoms with Crippen LogP contribution in [0.15, 0.2) is 35.5 Å². The van der Waals surface area contributed by atoms with E-state index in [9.17, 15) is 14.7 Å². The molecule has 0 saturated heterocycles. The molecule has 2 aromatic carbocycles. The minimum Gasteiger partial charge on any atom is -0.496 e. The van der Waals surface area contributed by atoms with Crippen LogP contribution in [0.5, 0.6) is 5.75 Å². The number of Topliss-reactive ketones (excluding diaryl/α,β-unsaturated/α-hetero) is 1. The summed E-state index contributed by atoms with van der Waals surface area (Å²) >= 11 is 7.44. The molecule has 0 aliphatic carbocycles. The number of carboxylic acid groups (broad SMARTS) is 1. The van der Waals surface area contributed by atoms with Gasteiger partial charge in [0, 0.05) is 12.5 Å². The summed E-state index contributed by atoms with van der Waals surface area (Å²) in [4.78, 5) is 23.9. The number of nitrogens with zero attached hydrogens (tertiary/aromatic N) is 4.